The predicted octanol–water partition coefficient (Wildman–Crippen LogP) is 3.15. The van der Waals surface area contributed by atoms with Gasteiger partial charge in [-0.2, -0.15) is 0 Å². The minimum atomic E-state index is 0.471. The molecule has 2 aliphatic heterocycles. The number of alkyl halides is 1. The second-order valence-electron chi connectivity index (χ2n) is 6.14. The smallest absolute Gasteiger partial charge is 0.0390 e. The van der Waals surface area contributed by atoms with Crippen LogP contribution in [-0.4, -0.2) is 17.4 Å². The van der Waals surface area contributed by atoms with E-state index in [2.05, 4.69) is 52.6 Å². The van der Waals surface area contributed by atoms with E-state index in [0.717, 1.165) is 13.0 Å². The molecule has 2 nitrogen and oxygen atoms in total. The minimum absolute atomic E-state index is 0.471. The molecule has 100 valence electrons. The first-order chi connectivity index (χ1) is 9.13. The largest absolute Gasteiger partial charge is 0.385 e. The normalized spacial score (nSPS) is 36.1. The highest BCUT2D eigenvalue weighted by atomic mass is 79.9. The van der Waals surface area contributed by atoms with Gasteiger partial charge in [-0.25, -0.2) is 0 Å². The zero-order valence-corrected chi connectivity index (χ0v) is 13.0. The quantitative estimate of drug-likeness (QED) is 0.670. The van der Waals surface area contributed by atoms with Crippen molar-refractivity contribution >= 4 is 15.9 Å². The van der Waals surface area contributed by atoms with Crippen LogP contribution in [0.2, 0.25) is 0 Å². The Morgan fingerprint density at radius 1 is 1.32 bits per heavy atom. The molecule has 3 atom stereocenters. The third-order valence-corrected chi connectivity index (χ3v) is 5.40. The highest BCUT2D eigenvalue weighted by molar-refractivity contribution is 9.09. The van der Waals surface area contributed by atoms with Crippen molar-refractivity contribution in [3.63, 3.8) is 0 Å². The highest BCUT2D eigenvalue weighted by Gasteiger charge is 2.38. The van der Waals surface area contributed by atoms with Crippen LogP contribution in [0.3, 0.4) is 0 Å². The van der Waals surface area contributed by atoms with Crippen LogP contribution in [0.15, 0.2) is 45.8 Å². The number of hydrogen-bond donors (Lipinski definition) is 2. The first kappa shape index (κ1) is 11.8. The van der Waals surface area contributed by atoms with E-state index >= 15 is 0 Å². The van der Waals surface area contributed by atoms with Gasteiger partial charge in [-0.15, -0.1) is 0 Å². The van der Waals surface area contributed by atoms with E-state index in [4.69, 9.17) is 0 Å². The van der Waals surface area contributed by atoms with Crippen molar-refractivity contribution in [1.29, 1.82) is 0 Å². The maximum atomic E-state index is 3.79. The first-order valence-electron chi connectivity index (χ1n) is 7.14. The molecule has 2 N–H and O–H groups in total. The Morgan fingerprint density at radius 3 is 3.00 bits per heavy atom. The summed E-state index contributed by atoms with van der Waals surface area (Å²) in [7, 11) is 0. The lowest BCUT2D eigenvalue weighted by atomic mass is 9.72. The summed E-state index contributed by atoms with van der Waals surface area (Å²) < 4.78 is 0. The molecule has 2 aliphatic carbocycles. The van der Waals surface area contributed by atoms with Crippen molar-refractivity contribution in [2.45, 2.75) is 37.6 Å². The summed E-state index contributed by atoms with van der Waals surface area (Å²) in [6.45, 7) is 5.55. The zero-order valence-electron chi connectivity index (χ0n) is 11.4. The fourth-order valence-corrected chi connectivity index (χ4v) is 4.62. The number of allylic oxidation sites excluding steroid dienone is 4. The standard InChI is InChI=1S/C16H19BrN2/c1-8-3-13-12(9(2)19-8)4-10-7-18-15-6-11(17)5-14(13)16(10)15/h3,6,9,11-12,18-19H,4-5,7H2,1-2H3. The SMILES string of the molecule is CC1=CC2=C3CC(Br)C=C4NCC(=C43)CC2C(C)N1. The molecule has 4 rings (SSSR count). The van der Waals surface area contributed by atoms with Gasteiger partial charge in [0.25, 0.3) is 0 Å². The molecular weight excluding hydrogens is 300 g/mol. The monoisotopic (exact) mass is 318 g/mol. The molecule has 3 unspecified atom stereocenters. The van der Waals surface area contributed by atoms with Crippen molar-refractivity contribution < 1.29 is 0 Å². The van der Waals surface area contributed by atoms with Crippen LogP contribution in [-0.2, 0) is 0 Å². The topological polar surface area (TPSA) is 24.1 Å². The molecule has 0 aromatic carbocycles. The van der Waals surface area contributed by atoms with Gasteiger partial charge in [-0.3, -0.25) is 0 Å². The van der Waals surface area contributed by atoms with Crippen molar-refractivity contribution in [3.05, 3.63) is 45.8 Å². The van der Waals surface area contributed by atoms with Crippen molar-refractivity contribution in [1.82, 2.24) is 10.6 Å². The van der Waals surface area contributed by atoms with Gasteiger partial charge in [0.2, 0.25) is 0 Å². The molecule has 0 bridgehead atoms. The third-order valence-electron chi connectivity index (χ3n) is 4.81. The predicted molar refractivity (Wildman–Crippen MR) is 81.9 cm³/mol. The Morgan fingerprint density at radius 2 is 2.16 bits per heavy atom. The fraction of sp³-hybridized carbons (Fsp3) is 0.500. The maximum absolute atomic E-state index is 3.79. The molecule has 0 spiro atoms. The second-order valence-corrected chi connectivity index (χ2v) is 7.31. The molecule has 0 radical (unpaired) electrons. The minimum Gasteiger partial charge on any atom is -0.385 e. The van der Waals surface area contributed by atoms with E-state index in [1.165, 1.54) is 17.8 Å². The van der Waals surface area contributed by atoms with Crippen LogP contribution in [0.4, 0.5) is 0 Å². The van der Waals surface area contributed by atoms with E-state index < -0.39 is 0 Å². The molecule has 0 amide bonds. The summed E-state index contributed by atoms with van der Waals surface area (Å²) in [5.74, 6) is 0.649. The van der Waals surface area contributed by atoms with Crippen LogP contribution in [0.5, 0.6) is 0 Å². The summed E-state index contributed by atoms with van der Waals surface area (Å²) in [6, 6.07) is 0.547. The van der Waals surface area contributed by atoms with Gasteiger partial charge in [0, 0.05) is 40.3 Å². The van der Waals surface area contributed by atoms with Gasteiger partial charge >= 0.3 is 0 Å². The molecule has 19 heavy (non-hydrogen) atoms. The summed E-state index contributed by atoms with van der Waals surface area (Å²) in [5, 5.41) is 7.18. The van der Waals surface area contributed by atoms with E-state index in [1.54, 1.807) is 22.3 Å². The Balaban J connectivity index is 1.93. The Bertz CT molecular complexity index is 580. The van der Waals surface area contributed by atoms with Gasteiger partial charge in [0.1, 0.15) is 0 Å². The average Bonchev–Trinajstić information content (AvgIpc) is 2.74. The van der Waals surface area contributed by atoms with Gasteiger partial charge in [-0.05, 0) is 55.6 Å². The van der Waals surface area contributed by atoms with Crippen LogP contribution in [0, 0.1) is 5.92 Å². The van der Waals surface area contributed by atoms with Crippen LogP contribution < -0.4 is 10.6 Å². The van der Waals surface area contributed by atoms with Crippen molar-refractivity contribution in [3.8, 4) is 0 Å². The molecule has 4 aliphatic rings. The van der Waals surface area contributed by atoms with E-state index in [1.807, 2.05) is 0 Å². The molecule has 0 fully saturated rings. The maximum Gasteiger partial charge on any atom is 0.0390 e. The first-order valence-corrected chi connectivity index (χ1v) is 8.05. The summed E-state index contributed by atoms with van der Waals surface area (Å²) in [4.78, 5) is 0.471. The number of hydrogen-bond acceptors (Lipinski definition) is 2. The number of fused-ring (bicyclic) bond motifs is 1. The number of rotatable bonds is 0. The summed E-state index contributed by atoms with van der Waals surface area (Å²) in [5.41, 5.74) is 9.01. The van der Waals surface area contributed by atoms with Crippen LogP contribution in [0.25, 0.3) is 0 Å². The lowest BCUT2D eigenvalue weighted by Crippen LogP contribution is -2.39. The lowest BCUT2D eigenvalue weighted by Gasteiger charge is -2.38. The fourth-order valence-electron chi connectivity index (χ4n) is 4.03. The van der Waals surface area contributed by atoms with Crippen molar-refractivity contribution in [2.24, 2.45) is 5.92 Å². The lowest BCUT2D eigenvalue weighted by molar-refractivity contribution is 0.426. The molecule has 3 heteroatoms. The van der Waals surface area contributed by atoms with Gasteiger partial charge < -0.3 is 10.6 Å². The van der Waals surface area contributed by atoms with Crippen LogP contribution in [0.1, 0.15) is 26.7 Å². The molecular formula is C16H19BrN2. The van der Waals surface area contributed by atoms with E-state index in [-0.39, 0.29) is 0 Å². The zero-order chi connectivity index (χ0) is 13.1. The number of halogens is 1. The Hall–Kier alpha value is -0.960. The van der Waals surface area contributed by atoms with Gasteiger partial charge in [-0.1, -0.05) is 15.9 Å². The molecule has 0 saturated heterocycles. The molecule has 0 aromatic heterocycles. The molecule has 0 saturated carbocycles. The second kappa shape index (κ2) is 4.02. The molecule has 2 heterocycles. The Kier molecular flexibility index (Phi) is 2.50. The summed E-state index contributed by atoms with van der Waals surface area (Å²) >= 11 is 3.79. The summed E-state index contributed by atoms with van der Waals surface area (Å²) in [6.07, 6.45) is 7.06. The van der Waals surface area contributed by atoms with Gasteiger partial charge in [0.15, 0.2) is 0 Å². The number of nitrogens with one attached hydrogen (secondary N) is 2. The Labute approximate surface area is 122 Å². The third kappa shape index (κ3) is 1.67. The van der Waals surface area contributed by atoms with E-state index in [0.29, 0.717) is 16.8 Å². The molecule has 0 aromatic rings. The van der Waals surface area contributed by atoms with Crippen molar-refractivity contribution in [2.75, 3.05) is 6.54 Å². The highest BCUT2D eigenvalue weighted by Crippen LogP contribution is 2.47. The average molecular weight is 319 g/mol. The van der Waals surface area contributed by atoms with Crippen LogP contribution >= 0.6 is 15.9 Å². The van der Waals surface area contributed by atoms with E-state index in [9.17, 15) is 0 Å². The van der Waals surface area contributed by atoms with Gasteiger partial charge in [0.05, 0.1) is 0 Å².